The van der Waals surface area contributed by atoms with Crippen molar-refractivity contribution in [2.24, 2.45) is 7.05 Å². The summed E-state index contributed by atoms with van der Waals surface area (Å²) in [7, 11) is -2.83. The van der Waals surface area contributed by atoms with Crippen molar-refractivity contribution in [3.8, 4) is 5.75 Å². The lowest BCUT2D eigenvalue weighted by Crippen LogP contribution is -2.14. The molecule has 2 heterocycles. The molecule has 0 saturated carbocycles. The molecule has 15 heteroatoms. The summed E-state index contributed by atoms with van der Waals surface area (Å²) < 4.78 is 28.7. The Morgan fingerprint density at radius 2 is 2.06 bits per heavy atom. The van der Waals surface area contributed by atoms with Gasteiger partial charge in [-0.25, -0.2) is 17.8 Å². The van der Waals surface area contributed by atoms with Gasteiger partial charge in [-0.15, -0.1) is 11.3 Å². The molecule has 3 rings (SSSR count). The van der Waals surface area contributed by atoms with Crippen molar-refractivity contribution < 1.29 is 28.3 Å². The van der Waals surface area contributed by atoms with Crippen molar-refractivity contribution >= 4 is 62.2 Å². The average molecular weight is 507 g/mol. The zero-order valence-corrected chi connectivity index (χ0v) is 18.5. The number of nitro groups is 1. The van der Waals surface area contributed by atoms with Gasteiger partial charge in [-0.05, 0) is 23.1 Å². The largest absolute Gasteiger partial charge is 0.507 e. The average Bonchev–Trinajstić information content (AvgIpc) is 3.20. The van der Waals surface area contributed by atoms with E-state index in [1.807, 2.05) is 0 Å². The fourth-order valence-corrected chi connectivity index (χ4v) is 5.66. The first kappa shape index (κ1) is 22.8. The second-order valence-electron chi connectivity index (χ2n) is 6.13. The predicted molar refractivity (Wildman–Crippen MR) is 113 cm³/mol. The highest BCUT2D eigenvalue weighted by atomic mass is 35.5. The molecule has 11 nitrogen and oxygen atoms in total. The number of aromatic carboxylic acids is 1. The summed E-state index contributed by atoms with van der Waals surface area (Å²) in [5.74, 6) is -2.62. The lowest BCUT2D eigenvalue weighted by molar-refractivity contribution is -0.396. The Morgan fingerprint density at radius 1 is 1.39 bits per heavy atom. The van der Waals surface area contributed by atoms with Crippen LogP contribution in [0.1, 0.15) is 21.6 Å². The topological polar surface area (TPSA) is 165 Å². The Bertz CT molecular complexity index is 1300. The van der Waals surface area contributed by atoms with Crippen molar-refractivity contribution in [2.45, 2.75) is 10.6 Å². The second kappa shape index (κ2) is 8.34. The van der Waals surface area contributed by atoms with Crippen molar-refractivity contribution in [1.82, 2.24) is 9.55 Å². The van der Waals surface area contributed by atoms with Crippen LogP contribution in [0.15, 0.2) is 28.6 Å². The van der Waals surface area contributed by atoms with Gasteiger partial charge >= 0.3 is 11.9 Å². The van der Waals surface area contributed by atoms with Gasteiger partial charge in [0.05, 0.1) is 17.8 Å². The van der Waals surface area contributed by atoms with E-state index in [9.17, 15) is 33.5 Å². The van der Waals surface area contributed by atoms with E-state index in [1.165, 1.54) is 13.2 Å². The van der Waals surface area contributed by atoms with Gasteiger partial charge in [0.25, 0.3) is 10.0 Å². The number of anilines is 1. The Balaban J connectivity index is 2.09. The van der Waals surface area contributed by atoms with E-state index < -0.39 is 38.2 Å². The number of sulfonamides is 1. The molecular formula is C16H12Cl2N4O7S2. The minimum absolute atomic E-state index is 0.0403. The summed E-state index contributed by atoms with van der Waals surface area (Å²) in [4.78, 5) is 25.4. The summed E-state index contributed by atoms with van der Waals surface area (Å²) in [5, 5.41) is 30.9. The molecule has 0 unspecified atom stereocenters. The molecule has 164 valence electrons. The zero-order chi connectivity index (χ0) is 23.1. The van der Waals surface area contributed by atoms with Crippen molar-refractivity contribution in [3.05, 3.63) is 60.7 Å². The molecular weight excluding hydrogens is 495 g/mol. The van der Waals surface area contributed by atoms with Gasteiger partial charge < -0.3 is 20.3 Å². The Hall–Kier alpha value is -2.87. The number of aromatic nitrogens is 2. The highest BCUT2D eigenvalue weighted by Crippen LogP contribution is 2.37. The van der Waals surface area contributed by atoms with Crippen LogP contribution in [0.5, 0.6) is 5.75 Å². The third kappa shape index (κ3) is 4.44. The molecule has 0 spiro atoms. The smallest absolute Gasteiger partial charge is 0.434 e. The summed E-state index contributed by atoms with van der Waals surface area (Å²) in [6.45, 7) is 0. The number of imidazole rings is 1. The number of hydrogen-bond donors (Lipinski definition) is 3. The SMILES string of the molecule is Cn1c(Cc2c(NS(=O)(=O)c3cc(Cl)c(Cl)s3)ccc(C(=O)O)c2O)cnc1[N+](=O)[O-]. The van der Waals surface area contributed by atoms with Crippen LogP contribution in [0, 0.1) is 10.1 Å². The molecule has 0 aliphatic heterocycles. The van der Waals surface area contributed by atoms with Crippen molar-refractivity contribution in [3.63, 3.8) is 0 Å². The van der Waals surface area contributed by atoms with Crippen LogP contribution >= 0.6 is 34.5 Å². The van der Waals surface area contributed by atoms with Crippen molar-refractivity contribution in [1.29, 1.82) is 0 Å². The summed E-state index contributed by atoms with van der Waals surface area (Å²) in [6, 6.07) is 3.34. The number of hydrogen-bond acceptors (Lipinski definition) is 8. The van der Waals surface area contributed by atoms with E-state index in [-0.39, 0.29) is 36.9 Å². The standard InChI is InChI=1S/C16H12Cl2N4O7S2/c1-21-7(6-19-16(21)22(26)27)4-9-11(3-2-8(13(9)23)15(24)25)20-31(28,29)12-5-10(17)14(18)30-12/h2-3,5-6,20,23H,4H2,1H3,(H,24,25). The molecule has 0 amide bonds. The summed E-state index contributed by atoms with van der Waals surface area (Å²) in [5.41, 5.74) is -0.494. The normalized spacial score (nSPS) is 11.5. The molecule has 0 aliphatic carbocycles. The number of nitrogens with one attached hydrogen (secondary N) is 1. The lowest BCUT2D eigenvalue weighted by atomic mass is 10.0. The third-order valence-electron chi connectivity index (χ3n) is 4.23. The zero-order valence-electron chi connectivity index (χ0n) is 15.4. The second-order valence-corrected chi connectivity index (χ2v) is 10.1. The molecule has 3 N–H and O–H groups in total. The number of carbonyl (C=O) groups is 1. The van der Waals surface area contributed by atoms with Crippen LogP contribution in [0.2, 0.25) is 9.36 Å². The number of benzene rings is 1. The molecule has 0 aliphatic rings. The number of carboxylic acids is 1. The van der Waals surface area contributed by atoms with E-state index in [0.29, 0.717) is 11.3 Å². The van der Waals surface area contributed by atoms with Gasteiger partial charge in [-0.3, -0.25) is 4.72 Å². The van der Waals surface area contributed by atoms with Crippen LogP contribution in [-0.2, 0) is 23.5 Å². The maximum absolute atomic E-state index is 12.7. The Labute approximate surface area is 188 Å². The first-order valence-electron chi connectivity index (χ1n) is 8.13. The number of aromatic hydroxyl groups is 1. The molecule has 2 aromatic heterocycles. The van der Waals surface area contributed by atoms with Crippen LogP contribution in [0.4, 0.5) is 11.6 Å². The van der Waals surface area contributed by atoms with Crippen LogP contribution in [-0.4, -0.2) is 39.1 Å². The molecule has 3 aromatic rings. The first-order chi connectivity index (χ1) is 14.4. The number of thiophene rings is 1. The highest BCUT2D eigenvalue weighted by Gasteiger charge is 2.26. The van der Waals surface area contributed by atoms with Crippen LogP contribution in [0.3, 0.4) is 0 Å². The van der Waals surface area contributed by atoms with E-state index >= 15 is 0 Å². The summed E-state index contributed by atoms with van der Waals surface area (Å²) in [6.07, 6.45) is 0.913. The monoisotopic (exact) mass is 506 g/mol. The number of carboxylic acid groups (broad SMARTS) is 1. The van der Waals surface area contributed by atoms with Gasteiger partial charge in [-0.1, -0.05) is 28.2 Å². The van der Waals surface area contributed by atoms with Gasteiger partial charge in [0.2, 0.25) is 0 Å². The fraction of sp³-hybridized carbons (Fsp3) is 0.125. The van der Waals surface area contributed by atoms with Gasteiger partial charge in [0, 0.05) is 12.0 Å². The minimum atomic E-state index is -4.19. The van der Waals surface area contributed by atoms with E-state index in [1.54, 1.807) is 0 Å². The maximum atomic E-state index is 12.7. The van der Waals surface area contributed by atoms with Crippen LogP contribution < -0.4 is 4.72 Å². The predicted octanol–water partition coefficient (Wildman–Crippen LogP) is 3.49. The lowest BCUT2D eigenvalue weighted by Gasteiger charge is -2.14. The number of halogens is 2. The number of phenols is 1. The first-order valence-corrected chi connectivity index (χ1v) is 11.2. The van der Waals surface area contributed by atoms with E-state index in [0.717, 1.165) is 22.8 Å². The molecule has 0 bridgehead atoms. The third-order valence-corrected chi connectivity index (χ3v) is 7.93. The van der Waals surface area contributed by atoms with Crippen molar-refractivity contribution in [2.75, 3.05) is 4.72 Å². The highest BCUT2D eigenvalue weighted by molar-refractivity contribution is 7.94. The maximum Gasteiger partial charge on any atom is 0.434 e. The number of rotatable bonds is 7. The molecule has 0 fully saturated rings. The number of nitrogens with zero attached hydrogens (tertiary/aromatic N) is 3. The van der Waals surface area contributed by atoms with Gasteiger partial charge in [-0.2, -0.15) is 0 Å². The summed E-state index contributed by atoms with van der Waals surface area (Å²) >= 11 is 12.4. The fourth-order valence-electron chi connectivity index (χ4n) is 2.69. The minimum Gasteiger partial charge on any atom is -0.507 e. The quantitative estimate of drug-likeness (QED) is 0.323. The van der Waals surface area contributed by atoms with Crippen LogP contribution in [0.25, 0.3) is 0 Å². The molecule has 0 radical (unpaired) electrons. The van der Waals surface area contributed by atoms with Gasteiger partial charge in [0.1, 0.15) is 31.7 Å². The Kier molecular flexibility index (Phi) is 6.14. The molecule has 0 atom stereocenters. The Morgan fingerprint density at radius 3 is 2.58 bits per heavy atom. The molecule has 31 heavy (non-hydrogen) atoms. The molecule has 0 saturated heterocycles. The van der Waals surface area contributed by atoms with E-state index in [2.05, 4.69) is 9.71 Å². The van der Waals surface area contributed by atoms with E-state index in [4.69, 9.17) is 23.2 Å². The van der Waals surface area contributed by atoms with Gasteiger partial charge in [0.15, 0.2) is 0 Å². The molecule has 1 aromatic carbocycles.